The molecular formula is C24H31N3. The van der Waals surface area contributed by atoms with Crippen molar-refractivity contribution in [3.63, 3.8) is 0 Å². The van der Waals surface area contributed by atoms with Gasteiger partial charge in [0, 0.05) is 50.4 Å². The number of hydrogen-bond donors (Lipinski definition) is 1. The number of rotatable bonds is 6. The summed E-state index contributed by atoms with van der Waals surface area (Å²) in [7, 11) is 10.4. The Labute approximate surface area is 164 Å². The van der Waals surface area contributed by atoms with Gasteiger partial charge in [0.2, 0.25) is 0 Å². The zero-order valence-electron chi connectivity index (χ0n) is 17.1. The summed E-state index contributed by atoms with van der Waals surface area (Å²) in [5, 5.41) is 3.21. The number of nitrogens with one attached hydrogen (secondary N) is 1. The number of anilines is 2. The van der Waals surface area contributed by atoms with E-state index in [2.05, 4.69) is 116 Å². The SMILES string of the molecule is CNc1ccc(C(c2ccc(N(C)C)cc2)C2C=CC(N(C)C)C=C2)cc1. The highest BCUT2D eigenvalue weighted by atomic mass is 15.1. The summed E-state index contributed by atoms with van der Waals surface area (Å²) in [6.45, 7) is 0. The number of likely N-dealkylation sites (N-methyl/N-ethyl adjacent to an activating group) is 1. The van der Waals surface area contributed by atoms with E-state index in [1.54, 1.807) is 0 Å². The van der Waals surface area contributed by atoms with E-state index >= 15 is 0 Å². The number of benzene rings is 2. The normalized spacial score (nSPS) is 19.9. The minimum absolute atomic E-state index is 0.308. The molecule has 1 aliphatic carbocycles. The maximum Gasteiger partial charge on any atom is 0.0456 e. The fourth-order valence-electron chi connectivity index (χ4n) is 3.65. The molecule has 1 N–H and O–H groups in total. The van der Waals surface area contributed by atoms with Crippen molar-refractivity contribution >= 4 is 11.4 Å². The van der Waals surface area contributed by atoms with E-state index in [1.165, 1.54) is 16.8 Å². The van der Waals surface area contributed by atoms with E-state index in [-0.39, 0.29) is 0 Å². The molecular weight excluding hydrogens is 330 g/mol. The van der Waals surface area contributed by atoms with Gasteiger partial charge in [0.15, 0.2) is 0 Å². The second-order valence-corrected chi connectivity index (χ2v) is 7.64. The van der Waals surface area contributed by atoms with Crippen LogP contribution in [-0.2, 0) is 0 Å². The molecule has 1 unspecified atom stereocenters. The van der Waals surface area contributed by atoms with Crippen LogP contribution in [0.25, 0.3) is 0 Å². The van der Waals surface area contributed by atoms with Crippen molar-refractivity contribution in [1.82, 2.24) is 4.90 Å². The quantitative estimate of drug-likeness (QED) is 0.759. The maximum absolute atomic E-state index is 3.21. The van der Waals surface area contributed by atoms with Crippen molar-refractivity contribution in [3.8, 4) is 0 Å². The molecule has 0 radical (unpaired) electrons. The third kappa shape index (κ3) is 4.42. The first-order chi connectivity index (χ1) is 13.0. The molecule has 0 fully saturated rings. The van der Waals surface area contributed by atoms with Crippen LogP contribution in [0.4, 0.5) is 11.4 Å². The van der Waals surface area contributed by atoms with E-state index in [4.69, 9.17) is 0 Å². The molecule has 0 aliphatic heterocycles. The molecule has 0 spiro atoms. The Morgan fingerprint density at radius 1 is 0.741 bits per heavy atom. The van der Waals surface area contributed by atoms with Crippen LogP contribution in [0.5, 0.6) is 0 Å². The standard InChI is InChI=1S/C24H31N3/c1-25-21-12-6-18(7-13-21)24(19-8-14-22(15-9-19)26(2)3)20-10-16-23(17-11-20)27(4)5/h6-17,19,22,24-25H,1-5H3. The summed E-state index contributed by atoms with van der Waals surface area (Å²) in [6, 6.07) is 18.2. The average molecular weight is 362 g/mol. The Morgan fingerprint density at radius 3 is 1.70 bits per heavy atom. The van der Waals surface area contributed by atoms with Gasteiger partial charge in [0.05, 0.1) is 0 Å². The molecule has 1 atom stereocenters. The van der Waals surface area contributed by atoms with Crippen LogP contribution in [-0.4, -0.2) is 46.2 Å². The second-order valence-electron chi connectivity index (χ2n) is 7.64. The van der Waals surface area contributed by atoms with Crippen LogP contribution in [0.1, 0.15) is 17.0 Å². The lowest BCUT2D eigenvalue weighted by Gasteiger charge is -2.29. The number of nitrogens with zero attached hydrogens (tertiary/aromatic N) is 2. The van der Waals surface area contributed by atoms with Crippen molar-refractivity contribution in [2.45, 2.75) is 12.0 Å². The van der Waals surface area contributed by atoms with Gasteiger partial charge in [0.1, 0.15) is 0 Å². The van der Waals surface area contributed by atoms with Crippen LogP contribution in [0.2, 0.25) is 0 Å². The molecule has 0 aromatic heterocycles. The highest BCUT2D eigenvalue weighted by Crippen LogP contribution is 2.36. The molecule has 0 saturated carbocycles. The summed E-state index contributed by atoms with van der Waals surface area (Å²) in [5.41, 5.74) is 5.06. The Bertz CT molecular complexity index is 771. The van der Waals surface area contributed by atoms with Gasteiger partial charge in [-0.25, -0.2) is 0 Å². The van der Waals surface area contributed by atoms with Crippen LogP contribution in [0, 0.1) is 5.92 Å². The van der Waals surface area contributed by atoms with Gasteiger partial charge in [-0.3, -0.25) is 4.90 Å². The molecule has 1 aliphatic rings. The second kappa shape index (κ2) is 8.45. The largest absolute Gasteiger partial charge is 0.388 e. The minimum Gasteiger partial charge on any atom is -0.388 e. The lowest BCUT2D eigenvalue weighted by Crippen LogP contribution is -2.26. The van der Waals surface area contributed by atoms with Crippen molar-refractivity contribution in [3.05, 3.63) is 84.0 Å². The Hall–Kier alpha value is -2.52. The highest BCUT2D eigenvalue weighted by molar-refractivity contribution is 5.50. The summed E-state index contributed by atoms with van der Waals surface area (Å²) < 4.78 is 0. The molecule has 0 amide bonds. The Balaban J connectivity index is 1.96. The molecule has 27 heavy (non-hydrogen) atoms. The molecule has 3 rings (SSSR count). The molecule has 0 heterocycles. The van der Waals surface area contributed by atoms with Crippen LogP contribution < -0.4 is 10.2 Å². The van der Waals surface area contributed by atoms with Gasteiger partial charge in [0.25, 0.3) is 0 Å². The molecule has 3 nitrogen and oxygen atoms in total. The maximum atomic E-state index is 3.21. The Morgan fingerprint density at radius 2 is 1.26 bits per heavy atom. The topological polar surface area (TPSA) is 18.5 Å². The summed E-state index contributed by atoms with van der Waals surface area (Å²) in [5.74, 6) is 0.662. The van der Waals surface area contributed by atoms with E-state index in [1.807, 2.05) is 7.05 Å². The number of hydrogen-bond acceptors (Lipinski definition) is 3. The molecule has 0 saturated heterocycles. The zero-order chi connectivity index (χ0) is 19.4. The minimum atomic E-state index is 0.308. The fraction of sp³-hybridized carbons (Fsp3) is 0.333. The third-order valence-corrected chi connectivity index (χ3v) is 5.37. The first-order valence-corrected chi connectivity index (χ1v) is 9.57. The van der Waals surface area contributed by atoms with Crippen LogP contribution in [0.15, 0.2) is 72.8 Å². The van der Waals surface area contributed by atoms with Crippen molar-refractivity contribution in [1.29, 1.82) is 0 Å². The predicted octanol–water partition coefficient (Wildman–Crippen LogP) is 4.60. The van der Waals surface area contributed by atoms with E-state index in [9.17, 15) is 0 Å². The smallest absolute Gasteiger partial charge is 0.0456 e. The summed E-state index contributed by atoms with van der Waals surface area (Å²) in [4.78, 5) is 4.37. The molecule has 0 bridgehead atoms. The first kappa shape index (κ1) is 19.2. The highest BCUT2D eigenvalue weighted by Gasteiger charge is 2.24. The van der Waals surface area contributed by atoms with Crippen molar-refractivity contribution in [2.75, 3.05) is 45.5 Å². The number of allylic oxidation sites excluding steroid dienone is 2. The van der Waals surface area contributed by atoms with Gasteiger partial charge in [-0.05, 0) is 49.5 Å². The van der Waals surface area contributed by atoms with E-state index in [0.717, 1.165) is 5.69 Å². The lowest BCUT2D eigenvalue weighted by molar-refractivity contribution is 0.385. The first-order valence-electron chi connectivity index (χ1n) is 9.57. The van der Waals surface area contributed by atoms with Crippen molar-refractivity contribution < 1.29 is 0 Å². The third-order valence-electron chi connectivity index (χ3n) is 5.37. The Kier molecular flexibility index (Phi) is 6.02. The monoisotopic (exact) mass is 361 g/mol. The fourth-order valence-corrected chi connectivity index (χ4v) is 3.65. The summed E-state index contributed by atoms with van der Waals surface area (Å²) in [6.07, 6.45) is 9.35. The van der Waals surface area contributed by atoms with Gasteiger partial charge in [-0.1, -0.05) is 48.6 Å². The predicted molar refractivity (Wildman–Crippen MR) is 118 cm³/mol. The van der Waals surface area contributed by atoms with Gasteiger partial charge in [-0.2, -0.15) is 0 Å². The average Bonchev–Trinajstić information content (AvgIpc) is 2.69. The molecule has 3 heteroatoms. The molecule has 2 aromatic rings. The zero-order valence-corrected chi connectivity index (χ0v) is 17.1. The molecule has 2 aromatic carbocycles. The van der Waals surface area contributed by atoms with Crippen LogP contribution >= 0.6 is 0 Å². The molecule has 142 valence electrons. The van der Waals surface area contributed by atoms with Gasteiger partial charge in [-0.15, -0.1) is 0 Å². The van der Waals surface area contributed by atoms with Gasteiger partial charge < -0.3 is 10.2 Å². The van der Waals surface area contributed by atoms with Crippen LogP contribution in [0.3, 0.4) is 0 Å². The van der Waals surface area contributed by atoms with E-state index < -0.39 is 0 Å². The van der Waals surface area contributed by atoms with Gasteiger partial charge >= 0.3 is 0 Å². The summed E-state index contributed by atoms with van der Waals surface area (Å²) >= 11 is 0. The van der Waals surface area contributed by atoms with E-state index in [0.29, 0.717) is 17.9 Å². The van der Waals surface area contributed by atoms with Crippen molar-refractivity contribution in [2.24, 2.45) is 5.92 Å². The lowest BCUT2D eigenvalue weighted by atomic mass is 9.78.